The van der Waals surface area contributed by atoms with Gasteiger partial charge in [0.05, 0.1) is 0 Å². The lowest BCUT2D eigenvalue weighted by Gasteiger charge is -2.11. The molecule has 1 aromatic carbocycles. The predicted molar refractivity (Wildman–Crippen MR) is 58.0 cm³/mol. The van der Waals surface area contributed by atoms with E-state index < -0.39 is 12.9 Å². The minimum atomic E-state index is -1.77. The molecule has 0 saturated carbocycles. The van der Waals surface area contributed by atoms with Crippen LogP contribution in [0.5, 0.6) is 0 Å². The number of benzene rings is 1. The van der Waals surface area contributed by atoms with Crippen LogP contribution in [0.2, 0.25) is 0 Å². The van der Waals surface area contributed by atoms with E-state index in [0.717, 1.165) is 0 Å². The van der Waals surface area contributed by atoms with Crippen LogP contribution >= 0.6 is 15.9 Å². The van der Waals surface area contributed by atoms with Crippen molar-refractivity contribution in [2.24, 2.45) is 0 Å². The Morgan fingerprint density at radius 1 is 1.36 bits per heavy atom. The first-order valence-electron chi connectivity index (χ1n) is 4.28. The highest BCUT2D eigenvalue weighted by atomic mass is 79.9. The third kappa shape index (κ3) is 2.35. The van der Waals surface area contributed by atoms with Crippen molar-refractivity contribution >= 4 is 28.5 Å². The van der Waals surface area contributed by atoms with Gasteiger partial charge in [-0.05, 0) is 23.6 Å². The molecule has 0 aromatic heterocycles. The highest BCUT2D eigenvalue weighted by Gasteiger charge is 2.21. The van der Waals surface area contributed by atoms with Gasteiger partial charge in [-0.2, -0.15) is 0 Å². The molecule has 0 atom stereocenters. The first-order chi connectivity index (χ1) is 6.43. The van der Waals surface area contributed by atoms with Crippen LogP contribution in [0.4, 0.5) is 4.39 Å². The van der Waals surface area contributed by atoms with Crippen molar-refractivity contribution in [3.63, 3.8) is 0 Å². The molecule has 2 nitrogen and oxygen atoms in total. The van der Waals surface area contributed by atoms with E-state index in [1.165, 1.54) is 6.07 Å². The second-order valence-electron chi connectivity index (χ2n) is 3.43. The highest BCUT2D eigenvalue weighted by molar-refractivity contribution is 9.10. The van der Waals surface area contributed by atoms with E-state index in [4.69, 9.17) is 10.0 Å². The minimum Gasteiger partial charge on any atom is -0.423 e. The fourth-order valence-corrected chi connectivity index (χ4v) is 1.73. The molecule has 0 aliphatic heterocycles. The number of rotatable bonds is 2. The minimum absolute atomic E-state index is 0.00463. The van der Waals surface area contributed by atoms with Crippen LogP contribution in [-0.2, 0) is 0 Å². The topological polar surface area (TPSA) is 40.5 Å². The summed E-state index contributed by atoms with van der Waals surface area (Å²) in [7, 11) is -1.77. The van der Waals surface area contributed by atoms with E-state index in [1.54, 1.807) is 6.07 Å². The fourth-order valence-electron chi connectivity index (χ4n) is 1.24. The maximum Gasteiger partial charge on any atom is 0.491 e. The Hall–Kier alpha value is -0.385. The quantitative estimate of drug-likeness (QED) is 0.790. The summed E-state index contributed by atoms with van der Waals surface area (Å²) in [6.07, 6.45) is 0. The molecule has 0 amide bonds. The molecule has 0 heterocycles. The number of halogens is 2. The third-order valence-corrected chi connectivity index (χ3v) is 2.45. The molecule has 0 bridgehead atoms. The Labute approximate surface area is 91.0 Å². The Bertz CT molecular complexity index is 313. The molecule has 0 radical (unpaired) electrons. The van der Waals surface area contributed by atoms with E-state index in [0.29, 0.717) is 10.0 Å². The third-order valence-electron chi connectivity index (χ3n) is 1.99. The van der Waals surface area contributed by atoms with Gasteiger partial charge in [-0.25, -0.2) is 4.39 Å². The van der Waals surface area contributed by atoms with Gasteiger partial charge < -0.3 is 10.0 Å². The average molecular weight is 261 g/mol. The van der Waals surface area contributed by atoms with Crippen LogP contribution in [0, 0.1) is 5.82 Å². The van der Waals surface area contributed by atoms with Gasteiger partial charge in [-0.3, -0.25) is 0 Å². The van der Waals surface area contributed by atoms with Crippen LogP contribution in [0.1, 0.15) is 25.3 Å². The molecule has 0 spiro atoms. The number of hydrogen-bond donors (Lipinski definition) is 2. The van der Waals surface area contributed by atoms with Crippen LogP contribution in [-0.4, -0.2) is 17.2 Å². The van der Waals surface area contributed by atoms with Gasteiger partial charge in [-0.1, -0.05) is 29.8 Å². The summed E-state index contributed by atoms with van der Waals surface area (Å²) in [6, 6.07) is 3.01. The normalized spacial score (nSPS) is 10.8. The van der Waals surface area contributed by atoms with E-state index >= 15 is 0 Å². The van der Waals surface area contributed by atoms with Crippen LogP contribution in [0.25, 0.3) is 0 Å². The Balaban J connectivity index is 3.32. The second-order valence-corrected chi connectivity index (χ2v) is 4.34. The van der Waals surface area contributed by atoms with Gasteiger partial charge in [0.15, 0.2) is 0 Å². The summed E-state index contributed by atoms with van der Waals surface area (Å²) < 4.78 is 14.3. The van der Waals surface area contributed by atoms with Gasteiger partial charge in [0, 0.05) is 9.94 Å². The fraction of sp³-hybridized carbons (Fsp3) is 0.333. The molecule has 0 aliphatic carbocycles. The Morgan fingerprint density at radius 3 is 2.36 bits per heavy atom. The van der Waals surface area contributed by atoms with E-state index in [2.05, 4.69) is 15.9 Å². The zero-order chi connectivity index (χ0) is 10.9. The van der Waals surface area contributed by atoms with Gasteiger partial charge in [0.2, 0.25) is 0 Å². The summed E-state index contributed by atoms with van der Waals surface area (Å²) >= 11 is 3.19. The lowest BCUT2D eigenvalue weighted by atomic mass is 9.78. The Morgan fingerprint density at radius 2 is 1.93 bits per heavy atom. The summed E-state index contributed by atoms with van der Waals surface area (Å²) in [5.74, 6) is -0.539. The maximum atomic E-state index is 13.6. The van der Waals surface area contributed by atoms with Crippen molar-refractivity contribution in [1.29, 1.82) is 0 Å². The molecule has 0 unspecified atom stereocenters. The molecule has 0 fully saturated rings. The van der Waals surface area contributed by atoms with Crippen molar-refractivity contribution in [3.05, 3.63) is 28.0 Å². The smallest absolute Gasteiger partial charge is 0.423 e. The lowest BCUT2D eigenvalue weighted by Crippen LogP contribution is -2.33. The van der Waals surface area contributed by atoms with Crippen molar-refractivity contribution < 1.29 is 14.4 Å². The van der Waals surface area contributed by atoms with Gasteiger partial charge in [0.1, 0.15) is 5.82 Å². The van der Waals surface area contributed by atoms with Crippen LogP contribution < -0.4 is 5.46 Å². The standard InChI is InChI=1S/C9H11BBrFO2/c1-5(2)7-3-6(11)4-8(9(7)12)10(13)14/h3-5,13-14H,1-2H3. The first-order valence-corrected chi connectivity index (χ1v) is 5.07. The zero-order valence-electron chi connectivity index (χ0n) is 7.96. The SMILES string of the molecule is CC(C)c1cc(Br)cc(B(O)O)c1F. The first kappa shape index (κ1) is 11.7. The zero-order valence-corrected chi connectivity index (χ0v) is 9.55. The van der Waals surface area contributed by atoms with Gasteiger partial charge >= 0.3 is 7.12 Å². The molecule has 76 valence electrons. The molecular weight excluding hydrogens is 250 g/mol. The van der Waals surface area contributed by atoms with Crippen molar-refractivity contribution in [1.82, 2.24) is 0 Å². The summed E-state index contributed by atoms with van der Waals surface area (Å²) in [4.78, 5) is 0. The van der Waals surface area contributed by atoms with Gasteiger partial charge in [0.25, 0.3) is 0 Å². The van der Waals surface area contributed by atoms with Gasteiger partial charge in [-0.15, -0.1) is 0 Å². The molecule has 0 aliphatic rings. The highest BCUT2D eigenvalue weighted by Crippen LogP contribution is 2.21. The van der Waals surface area contributed by atoms with Crippen molar-refractivity contribution in [3.8, 4) is 0 Å². The van der Waals surface area contributed by atoms with Crippen molar-refractivity contribution in [2.75, 3.05) is 0 Å². The second kappa shape index (κ2) is 4.42. The van der Waals surface area contributed by atoms with E-state index in [9.17, 15) is 4.39 Å². The van der Waals surface area contributed by atoms with Crippen molar-refractivity contribution in [2.45, 2.75) is 19.8 Å². The molecule has 1 aromatic rings. The predicted octanol–water partition coefficient (Wildman–Crippen LogP) is 1.39. The van der Waals surface area contributed by atoms with E-state index in [-0.39, 0.29) is 11.4 Å². The summed E-state index contributed by atoms with van der Waals surface area (Å²) in [5, 5.41) is 17.9. The summed E-state index contributed by atoms with van der Waals surface area (Å²) in [5.41, 5.74) is 0.380. The molecular formula is C9H11BBrFO2. The molecule has 14 heavy (non-hydrogen) atoms. The van der Waals surface area contributed by atoms with E-state index in [1.807, 2.05) is 13.8 Å². The number of hydrogen-bond acceptors (Lipinski definition) is 2. The molecule has 2 N–H and O–H groups in total. The molecule has 5 heteroatoms. The molecule has 0 saturated heterocycles. The summed E-state index contributed by atoms with van der Waals surface area (Å²) in [6.45, 7) is 3.69. The maximum absolute atomic E-state index is 13.6. The molecule has 1 rings (SSSR count). The van der Waals surface area contributed by atoms with Crippen LogP contribution in [0.15, 0.2) is 16.6 Å². The average Bonchev–Trinajstić information content (AvgIpc) is 2.07. The lowest BCUT2D eigenvalue weighted by molar-refractivity contribution is 0.422. The Kier molecular flexibility index (Phi) is 3.69. The monoisotopic (exact) mass is 260 g/mol. The van der Waals surface area contributed by atoms with Crippen LogP contribution in [0.3, 0.4) is 0 Å². The largest absolute Gasteiger partial charge is 0.491 e.